The molecule has 148 valence electrons. The van der Waals surface area contributed by atoms with Gasteiger partial charge in [0, 0.05) is 28.6 Å². The summed E-state index contributed by atoms with van der Waals surface area (Å²) in [6.45, 7) is 3.97. The molecule has 0 amide bonds. The zero-order chi connectivity index (χ0) is 20.1. The summed E-state index contributed by atoms with van der Waals surface area (Å²) in [7, 11) is -3.20. The number of thioether (sulfide) groups is 1. The molecular weight excluding hydrogens is 416 g/mol. The average Bonchev–Trinajstić information content (AvgIpc) is 3.10. The molecule has 0 saturated carbocycles. The maximum absolute atomic E-state index is 11.6. The van der Waals surface area contributed by atoms with Gasteiger partial charge in [-0.15, -0.1) is 10.2 Å². The molecule has 0 aliphatic rings. The lowest BCUT2D eigenvalue weighted by molar-refractivity contribution is 0.585. The van der Waals surface area contributed by atoms with Crippen LogP contribution in [0.15, 0.2) is 53.7 Å². The van der Waals surface area contributed by atoms with E-state index in [0.717, 1.165) is 16.8 Å². The Balaban J connectivity index is 1.91. The monoisotopic (exact) mass is 436 g/mol. The smallest absolute Gasteiger partial charge is 0.211 e. The molecule has 0 saturated heterocycles. The van der Waals surface area contributed by atoms with E-state index in [1.54, 1.807) is 6.92 Å². The molecule has 0 aliphatic carbocycles. The predicted octanol–water partition coefficient (Wildman–Crippen LogP) is 3.93. The van der Waals surface area contributed by atoms with Crippen molar-refractivity contribution < 1.29 is 8.42 Å². The zero-order valence-electron chi connectivity index (χ0n) is 15.6. The Morgan fingerprint density at radius 2 is 1.89 bits per heavy atom. The number of halogens is 1. The first-order valence-corrected chi connectivity index (χ1v) is 11.8. The molecule has 6 nitrogen and oxygen atoms in total. The average molecular weight is 437 g/mol. The van der Waals surface area contributed by atoms with Crippen LogP contribution in [0.5, 0.6) is 0 Å². The molecule has 0 atom stereocenters. The van der Waals surface area contributed by atoms with Gasteiger partial charge in [-0.05, 0) is 55.8 Å². The standard InChI is InChI=1S/C19H21ClN4O2S2/c1-3-28(25,26)21-11-12-27-19-23-22-18(15-7-9-16(20)10-8-15)24(19)17-6-4-5-14(2)13-17/h4-10,13,21H,3,11-12H2,1-2H3. The van der Waals surface area contributed by atoms with Gasteiger partial charge in [0.05, 0.1) is 5.75 Å². The molecule has 1 heterocycles. The third-order valence-corrected chi connectivity index (χ3v) is 6.62. The van der Waals surface area contributed by atoms with Crippen molar-refractivity contribution in [2.24, 2.45) is 0 Å². The number of benzene rings is 2. The molecular formula is C19H21ClN4O2S2. The van der Waals surface area contributed by atoms with Gasteiger partial charge < -0.3 is 0 Å². The Labute approximate surface area is 174 Å². The second kappa shape index (κ2) is 9.09. The van der Waals surface area contributed by atoms with Crippen molar-refractivity contribution in [1.29, 1.82) is 0 Å². The van der Waals surface area contributed by atoms with Crippen LogP contribution in [0.3, 0.4) is 0 Å². The van der Waals surface area contributed by atoms with Gasteiger partial charge in [-0.1, -0.05) is 35.5 Å². The Kier molecular flexibility index (Phi) is 6.77. The first-order valence-electron chi connectivity index (χ1n) is 8.78. The van der Waals surface area contributed by atoms with E-state index in [1.165, 1.54) is 11.8 Å². The van der Waals surface area contributed by atoms with Crippen LogP contribution in [0, 0.1) is 6.92 Å². The van der Waals surface area contributed by atoms with Crippen molar-refractivity contribution in [3.63, 3.8) is 0 Å². The van der Waals surface area contributed by atoms with Crippen LogP contribution in [-0.4, -0.2) is 41.2 Å². The molecule has 0 unspecified atom stereocenters. The highest BCUT2D eigenvalue weighted by Gasteiger charge is 2.16. The Bertz CT molecular complexity index is 1050. The SMILES string of the molecule is CCS(=O)(=O)NCCSc1nnc(-c2ccc(Cl)cc2)n1-c1cccc(C)c1. The van der Waals surface area contributed by atoms with E-state index in [4.69, 9.17) is 11.6 Å². The zero-order valence-corrected chi connectivity index (χ0v) is 18.0. The third-order valence-electron chi connectivity index (χ3n) is 4.03. The second-order valence-electron chi connectivity index (χ2n) is 6.13. The molecule has 1 N–H and O–H groups in total. The maximum Gasteiger partial charge on any atom is 0.211 e. The highest BCUT2D eigenvalue weighted by Crippen LogP contribution is 2.28. The van der Waals surface area contributed by atoms with E-state index >= 15 is 0 Å². The molecule has 28 heavy (non-hydrogen) atoms. The van der Waals surface area contributed by atoms with Crippen LogP contribution in [0.4, 0.5) is 0 Å². The summed E-state index contributed by atoms with van der Waals surface area (Å²) in [4.78, 5) is 0. The van der Waals surface area contributed by atoms with Crippen LogP contribution in [-0.2, 0) is 10.0 Å². The Morgan fingerprint density at radius 1 is 1.14 bits per heavy atom. The predicted molar refractivity (Wildman–Crippen MR) is 115 cm³/mol. The fraction of sp³-hybridized carbons (Fsp3) is 0.263. The topological polar surface area (TPSA) is 76.9 Å². The molecule has 0 bridgehead atoms. The molecule has 1 aromatic heterocycles. The minimum Gasteiger partial charge on any atom is -0.270 e. The molecule has 0 spiro atoms. The Hall–Kier alpha value is -1.87. The summed E-state index contributed by atoms with van der Waals surface area (Å²) < 4.78 is 27.7. The summed E-state index contributed by atoms with van der Waals surface area (Å²) in [5.74, 6) is 1.32. The largest absolute Gasteiger partial charge is 0.270 e. The highest BCUT2D eigenvalue weighted by atomic mass is 35.5. The van der Waals surface area contributed by atoms with Gasteiger partial charge in [-0.25, -0.2) is 13.1 Å². The van der Waals surface area contributed by atoms with Gasteiger partial charge in [0.25, 0.3) is 0 Å². The molecule has 0 radical (unpaired) electrons. The second-order valence-corrected chi connectivity index (χ2v) is 9.73. The lowest BCUT2D eigenvalue weighted by Gasteiger charge is -2.11. The number of aromatic nitrogens is 3. The van der Waals surface area contributed by atoms with Gasteiger partial charge >= 0.3 is 0 Å². The molecule has 3 rings (SSSR count). The van der Waals surface area contributed by atoms with E-state index in [9.17, 15) is 8.42 Å². The maximum atomic E-state index is 11.6. The molecule has 2 aromatic carbocycles. The minimum atomic E-state index is -3.20. The highest BCUT2D eigenvalue weighted by molar-refractivity contribution is 7.99. The third kappa shape index (κ3) is 5.14. The number of sulfonamides is 1. The van der Waals surface area contributed by atoms with E-state index in [2.05, 4.69) is 21.0 Å². The number of aryl methyl sites for hydroxylation is 1. The lowest BCUT2D eigenvalue weighted by atomic mass is 10.2. The number of nitrogens with zero attached hydrogens (tertiary/aromatic N) is 3. The molecule has 9 heteroatoms. The summed E-state index contributed by atoms with van der Waals surface area (Å²) >= 11 is 7.47. The molecule has 0 aliphatic heterocycles. The summed E-state index contributed by atoms with van der Waals surface area (Å²) in [5.41, 5.74) is 2.98. The van der Waals surface area contributed by atoms with E-state index < -0.39 is 10.0 Å². The van der Waals surface area contributed by atoms with Crippen LogP contribution in [0.2, 0.25) is 5.02 Å². The van der Waals surface area contributed by atoms with E-state index in [1.807, 2.05) is 54.0 Å². The van der Waals surface area contributed by atoms with Crippen LogP contribution >= 0.6 is 23.4 Å². The first-order chi connectivity index (χ1) is 13.4. The summed E-state index contributed by atoms with van der Waals surface area (Å²) in [6, 6.07) is 15.5. The quantitative estimate of drug-likeness (QED) is 0.427. The van der Waals surface area contributed by atoms with Gasteiger partial charge in [-0.2, -0.15) is 0 Å². The van der Waals surface area contributed by atoms with Gasteiger partial charge in [-0.3, -0.25) is 4.57 Å². The fourth-order valence-corrected chi connectivity index (χ4v) is 4.27. The van der Waals surface area contributed by atoms with Gasteiger partial charge in [0.2, 0.25) is 10.0 Å². The van der Waals surface area contributed by atoms with Crippen LogP contribution < -0.4 is 4.72 Å². The van der Waals surface area contributed by atoms with Crippen molar-refractivity contribution in [2.45, 2.75) is 19.0 Å². The molecule has 3 aromatic rings. The lowest BCUT2D eigenvalue weighted by Crippen LogP contribution is -2.27. The normalized spacial score (nSPS) is 11.7. The summed E-state index contributed by atoms with van der Waals surface area (Å²) in [6.07, 6.45) is 0. The number of hydrogen-bond donors (Lipinski definition) is 1. The van der Waals surface area contributed by atoms with Crippen molar-refractivity contribution >= 4 is 33.4 Å². The van der Waals surface area contributed by atoms with Crippen molar-refractivity contribution in [2.75, 3.05) is 18.1 Å². The molecule has 0 fully saturated rings. The van der Waals surface area contributed by atoms with E-state index in [-0.39, 0.29) is 5.75 Å². The van der Waals surface area contributed by atoms with Crippen molar-refractivity contribution in [3.05, 3.63) is 59.1 Å². The number of hydrogen-bond acceptors (Lipinski definition) is 5. The van der Waals surface area contributed by atoms with Crippen molar-refractivity contribution in [1.82, 2.24) is 19.5 Å². The minimum absolute atomic E-state index is 0.0673. The van der Waals surface area contributed by atoms with Crippen molar-refractivity contribution in [3.8, 4) is 17.1 Å². The number of rotatable bonds is 8. The fourth-order valence-electron chi connectivity index (χ4n) is 2.59. The van der Waals surface area contributed by atoms with Crippen LogP contribution in [0.1, 0.15) is 12.5 Å². The first kappa shape index (κ1) is 20.9. The van der Waals surface area contributed by atoms with E-state index in [0.29, 0.717) is 28.3 Å². The van der Waals surface area contributed by atoms with Gasteiger partial charge in [0.15, 0.2) is 11.0 Å². The van der Waals surface area contributed by atoms with Gasteiger partial charge in [0.1, 0.15) is 0 Å². The summed E-state index contributed by atoms with van der Waals surface area (Å²) in [5, 5.41) is 10.1. The Morgan fingerprint density at radius 3 is 2.57 bits per heavy atom. The van der Waals surface area contributed by atoms with Crippen LogP contribution in [0.25, 0.3) is 17.1 Å². The number of nitrogens with one attached hydrogen (secondary N) is 1.